The molecule has 0 N–H and O–H groups in total. The molecule has 3 aliphatic rings. The van der Waals surface area contributed by atoms with Crippen molar-refractivity contribution in [1.29, 1.82) is 0 Å². The minimum Gasteiger partial charge on any atom is -0.265 e. The zero-order valence-corrected chi connectivity index (χ0v) is 17.7. The molecule has 0 bridgehead atoms. The maximum Gasteiger partial charge on any atom is 3.00 e. The molecule has 0 atom stereocenters. The molecule has 3 aliphatic carbocycles. The molecule has 0 aliphatic heterocycles. The second-order valence-electron chi connectivity index (χ2n) is 6.32. The van der Waals surface area contributed by atoms with Gasteiger partial charge in [0.15, 0.2) is 0 Å². The molecule has 5 radical (unpaired) electrons. The van der Waals surface area contributed by atoms with Crippen LogP contribution < -0.4 is 0 Å². The van der Waals surface area contributed by atoms with E-state index in [1.165, 1.54) is 29.6 Å². The van der Waals surface area contributed by atoms with Gasteiger partial charge in [0.1, 0.15) is 0 Å². The molecule has 0 amide bonds. The summed E-state index contributed by atoms with van der Waals surface area (Å²) in [6.07, 6.45) is 21.6. The van der Waals surface area contributed by atoms with Crippen LogP contribution in [0.15, 0.2) is 78.2 Å². The molecule has 27 heavy (non-hydrogen) atoms. The molecule has 0 aromatic carbocycles. The number of hydrogen-bond donors (Lipinski definition) is 0. The van der Waals surface area contributed by atoms with Crippen LogP contribution in [-0.4, -0.2) is 4.98 Å². The van der Waals surface area contributed by atoms with Gasteiger partial charge < -0.3 is 0 Å². The molecular weight excluding hydrogens is 373 g/mol. The van der Waals surface area contributed by atoms with E-state index in [9.17, 15) is 0 Å². The van der Waals surface area contributed by atoms with Crippen molar-refractivity contribution in [3.05, 3.63) is 120 Å². The summed E-state index contributed by atoms with van der Waals surface area (Å²) in [6.45, 7) is 11.0. The molecule has 1 nitrogen and oxygen atoms in total. The first kappa shape index (κ1) is 23.4. The summed E-state index contributed by atoms with van der Waals surface area (Å²) < 4.78 is 0. The maximum absolute atomic E-state index is 3.78. The SMILES string of the molecule is C[C]1[C](C)[C](C)[C](C)[C]1C.[C-]1=CC=C/C1=C1/[C-]=CC=C1.[Co+3].c1ccncc1. The molecule has 1 aromatic heterocycles. The topological polar surface area (TPSA) is 12.9 Å². The molecule has 139 valence electrons. The van der Waals surface area contributed by atoms with Gasteiger partial charge in [-0.05, 0) is 41.7 Å². The molecular formula is C25H26CoN+. The molecule has 2 heteroatoms. The van der Waals surface area contributed by atoms with Crippen molar-refractivity contribution in [2.75, 3.05) is 0 Å². The smallest absolute Gasteiger partial charge is 0.265 e. The molecule has 1 fully saturated rings. The Labute approximate surface area is 176 Å². The van der Waals surface area contributed by atoms with Crippen molar-refractivity contribution in [3.8, 4) is 0 Å². The summed E-state index contributed by atoms with van der Waals surface area (Å²) in [6, 6.07) is 5.72. The molecule has 1 heterocycles. The third kappa shape index (κ3) is 6.79. The van der Waals surface area contributed by atoms with Gasteiger partial charge in [-0.25, -0.2) is 23.3 Å². The number of allylic oxidation sites excluding steroid dienone is 10. The Morgan fingerprint density at radius 2 is 0.963 bits per heavy atom. The second-order valence-corrected chi connectivity index (χ2v) is 6.32. The average molecular weight is 399 g/mol. The van der Waals surface area contributed by atoms with Crippen LogP contribution in [0.5, 0.6) is 0 Å². The normalized spacial score (nSPS) is 22.4. The maximum atomic E-state index is 3.78. The van der Waals surface area contributed by atoms with Gasteiger partial charge in [-0.1, -0.05) is 40.7 Å². The predicted molar refractivity (Wildman–Crippen MR) is 110 cm³/mol. The Hall–Kier alpha value is -1.64. The van der Waals surface area contributed by atoms with Gasteiger partial charge in [0.2, 0.25) is 0 Å². The standard InChI is InChI=1S/C10H6.C10H15.C5H5N.Co/c1-2-6-9(5-1)10-7-3-4-8-10;1-6-7(2)9(4)10(5)8(6)3;1-2-4-6-5-3-1;/h1-5,7H;1-5H3;1-5H;/q-2;;;+3/b10-9-;;;. The Morgan fingerprint density at radius 1 is 0.593 bits per heavy atom. The Bertz CT molecular complexity index is 567. The van der Waals surface area contributed by atoms with Crippen LogP contribution in [0, 0.1) is 41.7 Å². The van der Waals surface area contributed by atoms with Crippen molar-refractivity contribution >= 4 is 0 Å². The predicted octanol–water partition coefficient (Wildman–Crippen LogP) is 6.19. The Kier molecular flexibility index (Phi) is 10.3. The van der Waals surface area contributed by atoms with E-state index in [0.717, 1.165) is 11.1 Å². The van der Waals surface area contributed by atoms with Crippen LogP contribution in [0.4, 0.5) is 0 Å². The minimum atomic E-state index is 0. The third-order valence-corrected chi connectivity index (χ3v) is 4.87. The molecule has 4 rings (SSSR count). The summed E-state index contributed by atoms with van der Waals surface area (Å²) >= 11 is 0. The molecule has 1 aromatic rings. The first-order valence-electron chi connectivity index (χ1n) is 8.84. The van der Waals surface area contributed by atoms with Crippen LogP contribution in [0.1, 0.15) is 34.6 Å². The van der Waals surface area contributed by atoms with E-state index in [2.05, 4.69) is 51.8 Å². The van der Waals surface area contributed by atoms with Gasteiger partial charge >= 0.3 is 16.8 Å². The van der Waals surface area contributed by atoms with Crippen molar-refractivity contribution in [3.63, 3.8) is 0 Å². The number of pyridine rings is 1. The third-order valence-electron chi connectivity index (χ3n) is 4.87. The van der Waals surface area contributed by atoms with Gasteiger partial charge in [0.25, 0.3) is 0 Å². The molecule has 0 saturated heterocycles. The fraction of sp³-hybridized carbons (Fsp3) is 0.200. The van der Waals surface area contributed by atoms with E-state index in [4.69, 9.17) is 0 Å². The van der Waals surface area contributed by atoms with E-state index in [0.29, 0.717) is 0 Å². The van der Waals surface area contributed by atoms with E-state index < -0.39 is 0 Å². The van der Waals surface area contributed by atoms with Crippen LogP contribution in [0.2, 0.25) is 0 Å². The van der Waals surface area contributed by atoms with Gasteiger partial charge in [-0.15, -0.1) is 0 Å². The summed E-state index contributed by atoms with van der Waals surface area (Å²) in [4.78, 5) is 3.78. The Balaban J connectivity index is 0.000000205. The van der Waals surface area contributed by atoms with Gasteiger partial charge in [-0.2, -0.15) is 36.5 Å². The summed E-state index contributed by atoms with van der Waals surface area (Å²) in [7, 11) is 0. The number of aromatic nitrogens is 1. The minimum absolute atomic E-state index is 0. The first-order valence-corrected chi connectivity index (χ1v) is 8.84. The molecule has 0 spiro atoms. The largest absolute Gasteiger partial charge is 3.00 e. The summed E-state index contributed by atoms with van der Waals surface area (Å²) in [5, 5.41) is 0. The van der Waals surface area contributed by atoms with E-state index in [-0.39, 0.29) is 16.8 Å². The monoisotopic (exact) mass is 399 g/mol. The van der Waals surface area contributed by atoms with Gasteiger partial charge in [0.05, 0.1) is 0 Å². The summed E-state index contributed by atoms with van der Waals surface area (Å²) in [5.74, 6) is 7.34. The van der Waals surface area contributed by atoms with Gasteiger partial charge in [0, 0.05) is 12.4 Å². The van der Waals surface area contributed by atoms with Crippen molar-refractivity contribution in [1.82, 2.24) is 4.98 Å². The van der Waals surface area contributed by atoms with E-state index >= 15 is 0 Å². The quantitative estimate of drug-likeness (QED) is 0.474. The zero-order valence-electron chi connectivity index (χ0n) is 16.6. The molecule has 1 saturated carbocycles. The summed E-state index contributed by atoms with van der Waals surface area (Å²) in [5.41, 5.74) is 2.26. The van der Waals surface area contributed by atoms with Crippen molar-refractivity contribution in [2.24, 2.45) is 0 Å². The van der Waals surface area contributed by atoms with Crippen molar-refractivity contribution in [2.45, 2.75) is 34.6 Å². The number of rotatable bonds is 0. The Morgan fingerprint density at radius 3 is 1.15 bits per heavy atom. The second kappa shape index (κ2) is 11.9. The van der Waals surface area contributed by atoms with Crippen molar-refractivity contribution < 1.29 is 16.8 Å². The fourth-order valence-corrected chi connectivity index (χ4v) is 2.71. The van der Waals surface area contributed by atoms with Crippen LogP contribution in [0.3, 0.4) is 0 Å². The van der Waals surface area contributed by atoms with Gasteiger partial charge in [-0.3, -0.25) is 4.98 Å². The molecule has 0 unspecified atom stereocenters. The fourth-order valence-electron chi connectivity index (χ4n) is 2.71. The van der Waals surface area contributed by atoms with Crippen LogP contribution >= 0.6 is 0 Å². The van der Waals surface area contributed by atoms with E-state index in [1.54, 1.807) is 12.4 Å². The first-order chi connectivity index (χ1) is 12.5. The van der Waals surface area contributed by atoms with Crippen LogP contribution in [-0.2, 0) is 16.8 Å². The van der Waals surface area contributed by atoms with E-state index in [1.807, 2.05) is 54.7 Å². The van der Waals surface area contributed by atoms with Crippen LogP contribution in [0.25, 0.3) is 0 Å². The zero-order chi connectivity index (χ0) is 18.9. The number of nitrogens with zero attached hydrogens (tertiary/aromatic N) is 1. The average Bonchev–Trinajstić information content (AvgIpc) is 3.43. The number of hydrogen-bond acceptors (Lipinski definition) is 1.